The summed E-state index contributed by atoms with van der Waals surface area (Å²) < 4.78 is 0.192. The fourth-order valence-electron chi connectivity index (χ4n) is 1.28. The Morgan fingerprint density at radius 1 is 1.32 bits per heavy atom. The molecule has 4 nitrogen and oxygen atoms in total. The molecule has 0 atom stereocenters. The number of nitrogens with one attached hydrogen (secondary N) is 2. The first-order valence-electron chi connectivity index (χ1n) is 7.10. The van der Waals surface area contributed by atoms with Gasteiger partial charge in [-0.2, -0.15) is 11.8 Å². The molecule has 114 valence electrons. The third-order valence-corrected chi connectivity index (χ3v) is 4.39. The molecule has 0 aromatic rings. The Balaban J connectivity index is 4.22. The van der Waals surface area contributed by atoms with Gasteiger partial charge in [0.25, 0.3) is 0 Å². The Kier molecular flexibility index (Phi) is 9.27. The highest BCUT2D eigenvalue weighted by Gasteiger charge is 2.15. The van der Waals surface area contributed by atoms with Crippen LogP contribution in [0, 0.1) is 0 Å². The summed E-state index contributed by atoms with van der Waals surface area (Å²) in [5, 5.41) is 6.68. The molecule has 0 aliphatic rings. The lowest BCUT2D eigenvalue weighted by atomic mass is 10.2. The van der Waals surface area contributed by atoms with Crippen molar-refractivity contribution in [1.29, 1.82) is 0 Å². The third kappa shape index (κ3) is 9.16. The van der Waals surface area contributed by atoms with Gasteiger partial charge in [0.05, 0.1) is 6.54 Å². The van der Waals surface area contributed by atoms with Crippen molar-refractivity contribution in [2.75, 3.05) is 39.5 Å². The summed E-state index contributed by atoms with van der Waals surface area (Å²) in [7, 11) is 2.15. The van der Waals surface area contributed by atoms with Crippen LogP contribution < -0.4 is 10.6 Å². The van der Waals surface area contributed by atoms with Crippen molar-refractivity contribution < 1.29 is 0 Å². The summed E-state index contributed by atoms with van der Waals surface area (Å²) >= 11 is 1.85. The fraction of sp³-hybridized carbons (Fsp3) is 0.929. The number of likely N-dealkylation sites (N-methyl/N-ethyl adjacent to an activating group) is 1. The first-order chi connectivity index (χ1) is 8.82. The van der Waals surface area contributed by atoms with Crippen LogP contribution in [0.1, 0.15) is 34.6 Å². The van der Waals surface area contributed by atoms with Crippen LogP contribution in [0.15, 0.2) is 4.99 Å². The molecule has 2 N–H and O–H groups in total. The van der Waals surface area contributed by atoms with Gasteiger partial charge < -0.3 is 15.5 Å². The Morgan fingerprint density at radius 3 is 2.42 bits per heavy atom. The van der Waals surface area contributed by atoms with E-state index in [-0.39, 0.29) is 4.75 Å². The number of nitrogens with zero attached hydrogens (tertiary/aromatic N) is 2. The Bertz CT molecular complexity index is 264. The van der Waals surface area contributed by atoms with Gasteiger partial charge in [0.15, 0.2) is 5.96 Å². The summed E-state index contributed by atoms with van der Waals surface area (Å²) in [4.78, 5) is 6.97. The quantitative estimate of drug-likeness (QED) is 0.529. The van der Waals surface area contributed by atoms with E-state index in [1.54, 1.807) is 0 Å². The van der Waals surface area contributed by atoms with Crippen LogP contribution in [0.25, 0.3) is 0 Å². The summed E-state index contributed by atoms with van der Waals surface area (Å²) in [6.07, 6.45) is 2.13. The molecule has 0 rings (SSSR count). The number of aliphatic imine (C=N–C) groups is 1. The average molecular weight is 289 g/mol. The van der Waals surface area contributed by atoms with E-state index in [1.807, 2.05) is 11.8 Å². The highest BCUT2D eigenvalue weighted by atomic mass is 32.2. The van der Waals surface area contributed by atoms with Crippen LogP contribution in [0.3, 0.4) is 0 Å². The maximum absolute atomic E-state index is 4.65. The molecule has 0 heterocycles. The summed E-state index contributed by atoms with van der Waals surface area (Å²) in [6, 6.07) is 0.580. The Morgan fingerprint density at radius 2 is 1.95 bits per heavy atom. The summed E-state index contributed by atoms with van der Waals surface area (Å²) in [5.41, 5.74) is 0. The molecular formula is C14H32N4S. The molecule has 0 bridgehead atoms. The van der Waals surface area contributed by atoms with Gasteiger partial charge in [0.2, 0.25) is 0 Å². The van der Waals surface area contributed by atoms with Gasteiger partial charge in [-0.05, 0) is 47.9 Å². The normalized spacial score (nSPS) is 13.2. The average Bonchev–Trinajstić information content (AvgIpc) is 2.35. The van der Waals surface area contributed by atoms with E-state index in [9.17, 15) is 0 Å². The zero-order valence-corrected chi connectivity index (χ0v) is 14.5. The van der Waals surface area contributed by atoms with Gasteiger partial charge in [-0.1, -0.05) is 0 Å². The smallest absolute Gasteiger partial charge is 0.191 e. The molecule has 0 aromatic heterocycles. The van der Waals surface area contributed by atoms with Crippen LogP contribution in [-0.2, 0) is 0 Å². The van der Waals surface area contributed by atoms with E-state index in [1.165, 1.54) is 0 Å². The van der Waals surface area contributed by atoms with Crippen LogP contribution >= 0.6 is 11.8 Å². The number of hydrogen-bond donors (Lipinski definition) is 2. The number of rotatable bonds is 8. The van der Waals surface area contributed by atoms with Gasteiger partial charge in [0, 0.05) is 30.4 Å². The predicted octanol–water partition coefficient (Wildman–Crippen LogP) is 2.02. The Hall–Kier alpha value is -0.420. The number of guanidine groups is 1. The fourth-order valence-corrected chi connectivity index (χ4v) is 1.48. The van der Waals surface area contributed by atoms with E-state index < -0.39 is 0 Å². The van der Waals surface area contributed by atoms with Gasteiger partial charge in [-0.3, -0.25) is 4.99 Å². The monoisotopic (exact) mass is 288 g/mol. The molecule has 0 fully saturated rings. The predicted molar refractivity (Wildman–Crippen MR) is 89.3 cm³/mol. The zero-order chi connectivity index (χ0) is 14.9. The molecule has 0 saturated heterocycles. The Labute approximate surface area is 123 Å². The lowest BCUT2D eigenvalue weighted by Crippen LogP contribution is -2.42. The second kappa shape index (κ2) is 9.48. The first kappa shape index (κ1) is 18.6. The van der Waals surface area contributed by atoms with Crippen LogP contribution in [0.5, 0.6) is 0 Å². The van der Waals surface area contributed by atoms with E-state index in [0.717, 1.165) is 32.1 Å². The van der Waals surface area contributed by atoms with Crippen molar-refractivity contribution in [2.24, 2.45) is 4.99 Å². The summed E-state index contributed by atoms with van der Waals surface area (Å²) in [5.74, 6) is 0.918. The molecule has 0 amide bonds. The zero-order valence-electron chi connectivity index (χ0n) is 13.7. The van der Waals surface area contributed by atoms with Crippen molar-refractivity contribution in [3.8, 4) is 0 Å². The van der Waals surface area contributed by atoms with Crippen LogP contribution in [0.4, 0.5) is 0 Å². The molecule has 0 aliphatic carbocycles. The molecule has 0 spiro atoms. The van der Waals surface area contributed by atoms with Gasteiger partial charge in [-0.15, -0.1) is 0 Å². The van der Waals surface area contributed by atoms with E-state index in [0.29, 0.717) is 6.04 Å². The molecule has 5 heteroatoms. The molecule has 19 heavy (non-hydrogen) atoms. The van der Waals surface area contributed by atoms with Crippen LogP contribution in [0.2, 0.25) is 0 Å². The number of thioether (sulfide) groups is 1. The van der Waals surface area contributed by atoms with Crippen LogP contribution in [-0.4, -0.2) is 61.1 Å². The van der Waals surface area contributed by atoms with Gasteiger partial charge >= 0.3 is 0 Å². The van der Waals surface area contributed by atoms with E-state index in [4.69, 9.17) is 0 Å². The molecule has 0 saturated carbocycles. The second-order valence-electron chi connectivity index (χ2n) is 5.66. The molecule has 0 unspecified atom stereocenters. The molecule has 0 aliphatic heterocycles. The van der Waals surface area contributed by atoms with Gasteiger partial charge in [0.1, 0.15) is 0 Å². The SMILES string of the molecule is CCNC(=NCC(C)(C)SC)NCCN(C)C(C)C. The standard InChI is InChI=1S/C14H32N4S/c1-8-15-13(17-11-14(4,5)19-7)16-9-10-18(6)12(2)3/h12H,8-11H2,1-7H3,(H2,15,16,17). The topological polar surface area (TPSA) is 39.7 Å². The second-order valence-corrected chi connectivity index (χ2v) is 7.17. The lowest BCUT2D eigenvalue weighted by Gasteiger charge is -2.23. The van der Waals surface area contributed by atoms with Crippen molar-refractivity contribution in [1.82, 2.24) is 15.5 Å². The lowest BCUT2D eigenvalue weighted by molar-refractivity contribution is 0.278. The number of hydrogen-bond acceptors (Lipinski definition) is 3. The third-order valence-electron chi connectivity index (χ3n) is 3.15. The minimum absolute atomic E-state index is 0.192. The minimum Gasteiger partial charge on any atom is -0.357 e. The first-order valence-corrected chi connectivity index (χ1v) is 8.32. The molecular weight excluding hydrogens is 256 g/mol. The highest BCUT2D eigenvalue weighted by molar-refractivity contribution is 7.99. The van der Waals surface area contributed by atoms with Crippen molar-refractivity contribution in [3.05, 3.63) is 0 Å². The van der Waals surface area contributed by atoms with Crippen molar-refractivity contribution >= 4 is 17.7 Å². The van der Waals surface area contributed by atoms with Gasteiger partial charge in [-0.25, -0.2) is 0 Å². The van der Waals surface area contributed by atoms with Crippen molar-refractivity contribution in [3.63, 3.8) is 0 Å². The highest BCUT2D eigenvalue weighted by Crippen LogP contribution is 2.20. The maximum Gasteiger partial charge on any atom is 0.191 e. The minimum atomic E-state index is 0.192. The maximum atomic E-state index is 4.65. The van der Waals surface area contributed by atoms with E-state index >= 15 is 0 Å². The molecule has 0 radical (unpaired) electrons. The summed E-state index contributed by atoms with van der Waals surface area (Å²) in [6.45, 7) is 14.6. The largest absolute Gasteiger partial charge is 0.357 e. The molecule has 0 aromatic carbocycles. The van der Waals surface area contributed by atoms with E-state index in [2.05, 4.69) is 68.4 Å². The van der Waals surface area contributed by atoms with Crippen molar-refractivity contribution in [2.45, 2.75) is 45.4 Å².